The number of carbonyl (C=O) groups is 1. The van der Waals surface area contributed by atoms with Gasteiger partial charge in [-0.3, -0.25) is 4.79 Å². The molecule has 0 radical (unpaired) electrons. The lowest BCUT2D eigenvalue weighted by atomic mass is 9.83. The predicted octanol–water partition coefficient (Wildman–Crippen LogP) is 3.26. The number of likely N-dealkylation sites (tertiary alicyclic amines) is 1. The first-order valence-corrected chi connectivity index (χ1v) is 10.9. The third kappa shape index (κ3) is 2.59. The number of ether oxygens (including phenoxy) is 1. The van der Waals surface area contributed by atoms with Crippen LogP contribution in [0.3, 0.4) is 0 Å². The number of benzene rings is 1. The highest BCUT2D eigenvalue weighted by molar-refractivity contribution is 5.93. The van der Waals surface area contributed by atoms with Gasteiger partial charge in [0.25, 0.3) is 5.91 Å². The van der Waals surface area contributed by atoms with E-state index >= 15 is 0 Å². The monoisotopic (exact) mass is 402 g/mol. The number of para-hydroxylation sites is 1. The molecule has 6 nitrogen and oxygen atoms in total. The molecule has 3 aliphatic heterocycles. The molecule has 154 valence electrons. The molecule has 0 saturated carbocycles. The summed E-state index contributed by atoms with van der Waals surface area (Å²) in [6.45, 7) is 3.07. The Bertz CT molecular complexity index is 1140. The lowest BCUT2D eigenvalue weighted by Gasteiger charge is -2.43. The molecule has 1 spiro atoms. The molecule has 6 rings (SSSR count). The van der Waals surface area contributed by atoms with E-state index in [4.69, 9.17) is 4.74 Å². The maximum atomic E-state index is 13.2. The standard InChI is InChI=1S/C24H26N4O2/c1-27-12-8-16-6-7-20(26-22(16)27)23(29)28-13-10-24(11-14-28)21-18(9-15-30-24)17-4-2-3-5-19(17)25-21/h2-7,25H,8-15H2,1H3. The zero-order valence-electron chi connectivity index (χ0n) is 17.3. The number of H-pyrrole nitrogens is 1. The molecule has 1 saturated heterocycles. The van der Waals surface area contributed by atoms with Gasteiger partial charge in [0.15, 0.2) is 0 Å². The molecular formula is C24H26N4O2. The minimum atomic E-state index is -0.311. The number of likely N-dealkylation sites (N-methyl/N-ethyl adjacent to an activating group) is 1. The van der Waals surface area contributed by atoms with Crippen LogP contribution >= 0.6 is 0 Å². The molecule has 0 aliphatic carbocycles. The number of piperidine rings is 1. The van der Waals surface area contributed by atoms with Crippen molar-refractivity contribution >= 4 is 22.6 Å². The van der Waals surface area contributed by atoms with Crippen LogP contribution in [0.1, 0.15) is 40.2 Å². The number of aromatic nitrogens is 2. The number of aromatic amines is 1. The average molecular weight is 402 g/mol. The number of anilines is 1. The van der Waals surface area contributed by atoms with E-state index in [9.17, 15) is 4.79 Å². The van der Waals surface area contributed by atoms with Crippen LogP contribution in [0.25, 0.3) is 10.9 Å². The van der Waals surface area contributed by atoms with Crippen LogP contribution in [-0.4, -0.2) is 54.1 Å². The number of pyridine rings is 1. The van der Waals surface area contributed by atoms with Gasteiger partial charge in [0.2, 0.25) is 0 Å². The summed E-state index contributed by atoms with van der Waals surface area (Å²) in [5, 5.41) is 1.31. The minimum Gasteiger partial charge on any atom is -0.368 e. The topological polar surface area (TPSA) is 61.5 Å². The van der Waals surface area contributed by atoms with Gasteiger partial charge in [0, 0.05) is 37.6 Å². The van der Waals surface area contributed by atoms with Gasteiger partial charge in [-0.25, -0.2) is 4.98 Å². The van der Waals surface area contributed by atoms with E-state index in [1.54, 1.807) is 0 Å². The third-order valence-corrected chi connectivity index (χ3v) is 7.11. The van der Waals surface area contributed by atoms with Crippen LogP contribution in [0, 0.1) is 0 Å². The Morgan fingerprint density at radius 2 is 1.93 bits per heavy atom. The van der Waals surface area contributed by atoms with Crippen molar-refractivity contribution in [2.45, 2.75) is 31.3 Å². The van der Waals surface area contributed by atoms with E-state index in [1.165, 1.54) is 27.7 Å². The molecule has 1 amide bonds. The molecule has 0 unspecified atom stereocenters. The third-order valence-electron chi connectivity index (χ3n) is 7.11. The molecule has 1 N–H and O–H groups in total. The lowest BCUT2D eigenvalue weighted by molar-refractivity contribution is -0.0957. The Labute approximate surface area is 175 Å². The molecular weight excluding hydrogens is 376 g/mol. The smallest absolute Gasteiger partial charge is 0.272 e. The minimum absolute atomic E-state index is 0.0284. The van der Waals surface area contributed by atoms with E-state index in [-0.39, 0.29) is 11.5 Å². The second-order valence-corrected chi connectivity index (χ2v) is 8.76. The predicted molar refractivity (Wildman–Crippen MR) is 116 cm³/mol. The SMILES string of the molecule is CN1CCc2ccc(C(=O)N3CCC4(CC3)OCCc3c4[nH]c4ccccc34)nc21. The molecule has 3 aromatic rings. The molecule has 0 atom stereocenters. The average Bonchev–Trinajstić information content (AvgIpc) is 3.35. The normalized spacial score (nSPS) is 19.9. The van der Waals surface area contributed by atoms with Crippen LogP contribution in [-0.2, 0) is 23.2 Å². The lowest BCUT2D eigenvalue weighted by Crippen LogP contribution is -2.48. The number of amides is 1. The van der Waals surface area contributed by atoms with E-state index < -0.39 is 0 Å². The number of hydrogen-bond donors (Lipinski definition) is 1. The van der Waals surface area contributed by atoms with Gasteiger partial charge in [-0.05, 0) is 48.9 Å². The number of carbonyl (C=O) groups excluding carboxylic acids is 1. The Hall–Kier alpha value is -2.86. The fourth-order valence-electron chi connectivity index (χ4n) is 5.41. The van der Waals surface area contributed by atoms with E-state index in [1.807, 2.05) is 18.0 Å². The molecule has 30 heavy (non-hydrogen) atoms. The molecule has 0 bridgehead atoms. The Balaban J connectivity index is 1.25. The van der Waals surface area contributed by atoms with Gasteiger partial charge in [-0.2, -0.15) is 0 Å². The summed E-state index contributed by atoms with van der Waals surface area (Å²) >= 11 is 0. The fraction of sp³-hybridized carbons (Fsp3) is 0.417. The number of fused-ring (bicyclic) bond motifs is 5. The molecule has 5 heterocycles. The van der Waals surface area contributed by atoms with Gasteiger partial charge in [0.1, 0.15) is 17.1 Å². The Morgan fingerprint density at radius 3 is 2.80 bits per heavy atom. The number of rotatable bonds is 1. The molecule has 6 heteroatoms. The van der Waals surface area contributed by atoms with Gasteiger partial charge in [-0.1, -0.05) is 24.3 Å². The summed E-state index contributed by atoms with van der Waals surface area (Å²) in [7, 11) is 2.04. The van der Waals surface area contributed by atoms with Crippen LogP contribution < -0.4 is 4.90 Å². The molecule has 1 aromatic carbocycles. The molecule has 3 aliphatic rings. The molecule has 1 fully saturated rings. The van der Waals surface area contributed by atoms with Crippen LogP contribution in [0.2, 0.25) is 0 Å². The number of nitrogens with one attached hydrogen (secondary N) is 1. The van der Waals surface area contributed by atoms with Crippen molar-refractivity contribution in [3.8, 4) is 0 Å². The Kier molecular flexibility index (Phi) is 3.93. The van der Waals surface area contributed by atoms with E-state index in [2.05, 4.69) is 45.2 Å². The summed E-state index contributed by atoms with van der Waals surface area (Å²) in [6, 6.07) is 12.4. The summed E-state index contributed by atoms with van der Waals surface area (Å²) in [4.78, 5) is 25.5. The summed E-state index contributed by atoms with van der Waals surface area (Å²) < 4.78 is 6.38. The van der Waals surface area contributed by atoms with Crippen molar-refractivity contribution in [1.82, 2.24) is 14.9 Å². The van der Waals surface area contributed by atoms with Crippen molar-refractivity contribution in [2.75, 3.05) is 38.2 Å². The van der Waals surface area contributed by atoms with Crippen molar-refractivity contribution in [3.63, 3.8) is 0 Å². The zero-order chi connectivity index (χ0) is 20.3. The van der Waals surface area contributed by atoms with Crippen molar-refractivity contribution in [2.24, 2.45) is 0 Å². The first kappa shape index (κ1) is 18.0. The Morgan fingerprint density at radius 1 is 1.10 bits per heavy atom. The summed E-state index contributed by atoms with van der Waals surface area (Å²) in [6.07, 6.45) is 3.56. The first-order chi connectivity index (χ1) is 14.6. The quantitative estimate of drug-likeness (QED) is 0.679. The van der Waals surface area contributed by atoms with Crippen LogP contribution in [0.5, 0.6) is 0 Å². The highest BCUT2D eigenvalue weighted by atomic mass is 16.5. The second-order valence-electron chi connectivity index (χ2n) is 8.76. The first-order valence-electron chi connectivity index (χ1n) is 10.9. The zero-order valence-corrected chi connectivity index (χ0v) is 17.3. The van der Waals surface area contributed by atoms with Crippen molar-refractivity contribution < 1.29 is 9.53 Å². The van der Waals surface area contributed by atoms with Gasteiger partial charge in [-0.15, -0.1) is 0 Å². The van der Waals surface area contributed by atoms with E-state index in [0.29, 0.717) is 18.8 Å². The maximum absolute atomic E-state index is 13.2. The number of nitrogens with zero attached hydrogens (tertiary/aromatic N) is 3. The van der Waals surface area contributed by atoms with Gasteiger partial charge >= 0.3 is 0 Å². The largest absolute Gasteiger partial charge is 0.368 e. The molecule has 2 aromatic heterocycles. The highest BCUT2D eigenvalue weighted by Crippen LogP contribution is 2.43. The summed E-state index contributed by atoms with van der Waals surface area (Å²) in [5.41, 5.74) is 5.26. The maximum Gasteiger partial charge on any atom is 0.272 e. The fourth-order valence-corrected chi connectivity index (χ4v) is 5.41. The van der Waals surface area contributed by atoms with Crippen molar-refractivity contribution in [3.05, 3.63) is 58.9 Å². The summed E-state index contributed by atoms with van der Waals surface area (Å²) in [5.74, 6) is 0.980. The van der Waals surface area contributed by atoms with Crippen LogP contribution in [0.15, 0.2) is 36.4 Å². The van der Waals surface area contributed by atoms with Gasteiger partial charge in [0.05, 0.1) is 12.3 Å². The second kappa shape index (κ2) is 6.57. The highest BCUT2D eigenvalue weighted by Gasteiger charge is 2.43. The van der Waals surface area contributed by atoms with E-state index in [0.717, 1.165) is 44.7 Å². The van der Waals surface area contributed by atoms with Crippen molar-refractivity contribution in [1.29, 1.82) is 0 Å². The number of hydrogen-bond acceptors (Lipinski definition) is 4. The van der Waals surface area contributed by atoms with Gasteiger partial charge < -0.3 is 19.5 Å². The van der Waals surface area contributed by atoms with Crippen LogP contribution in [0.4, 0.5) is 5.82 Å².